The Kier molecular flexibility index (Phi) is 4.57. The van der Waals surface area contributed by atoms with E-state index in [1.54, 1.807) is 10.9 Å². The van der Waals surface area contributed by atoms with E-state index in [9.17, 15) is 4.79 Å². The number of carbonyl (C=O) groups excluding carboxylic acids is 1. The molecular weight excluding hydrogens is 256 g/mol. The molecular formula is C14H20N4O2. The van der Waals surface area contributed by atoms with Gasteiger partial charge in [-0.3, -0.25) is 9.48 Å². The molecule has 0 bridgehead atoms. The predicted molar refractivity (Wildman–Crippen MR) is 75.3 cm³/mol. The number of hydrogen-bond acceptors (Lipinski definition) is 4. The zero-order valence-electron chi connectivity index (χ0n) is 11.8. The molecule has 0 saturated heterocycles. The molecule has 0 fully saturated rings. The molecule has 3 N–H and O–H groups in total. The van der Waals surface area contributed by atoms with Crippen LogP contribution in [0.25, 0.3) is 0 Å². The Morgan fingerprint density at radius 3 is 2.90 bits per heavy atom. The van der Waals surface area contributed by atoms with Crippen LogP contribution in [0, 0.1) is 13.8 Å². The number of furan rings is 1. The highest BCUT2D eigenvalue weighted by atomic mass is 16.3. The maximum Gasteiger partial charge on any atom is 0.255 e. The lowest BCUT2D eigenvalue weighted by atomic mass is 10.2. The first kappa shape index (κ1) is 14.3. The van der Waals surface area contributed by atoms with Gasteiger partial charge in [0.15, 0.2) is 0 Å². The van der Waals surface area contributed by atoms with Crippen LogP contribution in [0.3, 0.4) is 0 Å². The van der Waals surface area contributed by atoms with Gasteiger partial charge in [0, 0.05) is 12.2 Å². The predicted octanol–water partition coefficient (Wildman–Crippen LogP) is 1.37. The van der Waals surface area contributed by atoms with E-state index in [-0.39, 0.29) is 5.91 Å². The Morgan fingerprint density at radius 2 is 2.25 bits per heavy atom. The van der Waals surface area contributed by atoms with Crippen LogP contribution in [0.2, 0.25) is 0 Å². The number of carbonyl (C=O) groups is 1. The largest absolute Gasteiger partial charge is 0.465 e. The number of hydrogen-bond donors (Lipinski definition) is 2. The normalized spacial score (nSPS) is 10.8. The average molecular weight is 276 g/mol. The lowest BCUT2D eigenvalue weighted by molar-refractivity contribution is 0.0947. The third kappa shape index (κ3) is 3.27. The van der Waals surface area contributed by atoms with Crippen molar-refractivity contribution in [2.24, 2.45) is 5.73 Å². The van der Waals surface area contributed by atoms with Crippen molar-refractivity contribution in [2.75, 3.05) is 6.54 Å². The second-order valence-electron chi connectivity index (χ2n) is 4.70. The van der Waals surface area contributed by atoms with E-state index in [0.717, 1.165) is 30.2 Å². The van der Waals surface area contributed by atoms with Crippen molar-refractivity contribution in [1.29, 1.82) is 0 Å². The minimum atomic E-state index is -0.143. The van der Waals surface area contributed by atoms with Crippen LogP contribution in [-0.4, -0.2) is 22.2 Å². The summed E-state index contributed by atoms with van der Waals surface area (Å²) in [5.41, 5.74) is 6.92. The summed E-state index contributed by atoms with van der Waals surface area (Å²) in [6.45, 7) is 5.47. The summed E-state index contributed by atoms with van der Waals surface area (Å²) in [5, 5.41) is 7.04. The third-order valence-electron chi connectivity index (χ3n) is 3.14. The molecule has 0 saturated carbocycles. The Morgan fingerprint density at radius 1 is 1.45 bits per heavy atom. The summed E-state index contributed by atoms with van der Waals surface area (Å²) in [5.74, 6) is 1.43. The molecule has 2 aromatic heterocycles. The van der Waals surface area contributed by atoms with Crippen molar-refractivity contribution in [3.63, 3.8) is 0 Å². The second kappa shape index (κ2) is 6.38. The van der Waals surface area contributed by atoms with Crippen LogP contribution in [-0.2, 0) is 13.1 Å². The van der Waals surface area contributed by atoms with Crippen molar-refractivity contribution in [1.82, 2.24) is 15.1 Å². The Balaban J connectivity index is 1.97. The monoisotopic (exact) mass is 276 g/mol. The third-order valence-corrected chi connectivity index (χ3v) is 3.14. The Labute approximate surface area is 117 Å². The van der Waals surface area contributed by atoms with Gasteiger partial charge in [0.1, 0.15) is 11.5 Å². The summed E-state index contributed by atoms with van der Waals surface area (Å²) < 4.78 is 7.21. The Hall–Kier alpha value is -2.08. The molecule has 1 amide bonds. The molecule has 0 unspecified atom stereocenters. The molecule has 2 aromatic rings. The molecule has 0 spiro atoms. The van der Waals surface area contributed by atoms with Crippen molar-refractivity contribution >= 4 is 5.91 Å². The van der Waals surface area contributed by atoms with Crippen LogP contribution in [0.15, 0.2) is 22.7 Å². The van der Waals surface area contributed by atoms with Gasteiger partial charge in [0.05, 0.1) is 18.3 Å². The fraction of sp³-hybridized carbons (Fsp3) is 0.429. The maximum absolute atomic E-state index is 12.1. The summed E-state index contributed by atoms with van der Waals surface area (Å²) in [7, 11) is 0. The highest BCUT2D eigenvalue weighted by Gasteiger charge is 2.14. The molecule has 0 aliphatic rings. The topological polar surface area (TPSA) is 86.1 Å². The van der Waals surface area contributed by atoms with Crippen LogP contribution in [0.1, 0.15) is 34.0 Å². The van der Waals surface area contributed by atoms with Crippen LogP contribution >= 0.6 is 0 Å². The lowest BCUT2D eigenvalue weighted by Gasteiger charge is -2.05. The van der Waals surface area contributed by atoms with E-state index in [0.29, 0.717) is 18.7 Å². The first-order valence-electron chi connectivity index (χ1n) is 6.68. The minimum absolute atomic E-state index is 0.143. The number of aryl methyl sites for hydroxylation is 2. The lowest BCUT2D eigenvalue weighted by Crippen LogP contribution is -2.23. The SMILES string of the molecule is Cc1ccc(CNC(=O)c2cnn(CCCN)c2C)o1. The smallest absolute Gasteiger partial charge is 0.255 e. The Bertz CT molecular complexity index is 586. The molecule has 0 aromatic carbocycles. The fourth-order valence-corrected chi connectivity index (χ4v) is 1.98. The van der Waals surface area contributed by atoms with E-state index in [2.05, 4.69) is 10.4 Å². The van der Waals surface area contributed by atoms with Gasteiger partial charge in [0.25, 0.3) is 5.91 Å². The van der Waals surface area contributed by atoms with E-state index < -0.39 is 0 Å². The van der Waals surface area contributed by atoms with Gasteiger partial charge in [-0.25, -0.2) is 0 Å². The molecule has 6 heteroatoms. The minimum Gasteiger partial charge on any atom is -0.465 e. The first-order chi connectivity index (χ1) is 9.61. The van der Waals surface area contributed by atoms with Crippen LogP contribution in [0.4, 0.5) is 0 Å². The number of nitrogens with two attached hydrogens (primary N) is 1. The second-order valence-corrected chi connectivity index (χ2v) is 4.70. The van der Waals surface area contributed by atoms with Crippen molar-refractivity contribution < 1.29 is 9.21 Å². The highest BCUT2D eigenvalue weighted by molar-refractivity contribution is 5.94. The van der Waals surface area contributed by atoms with E-state index in [1.165, 1.54) is 0 Å². The summed E-state index contributed by atoms with van der Waals surface area (Å²) >= 11 is 0. The maximum atomic E-state index is 12.1. The van der Waals surface area contributed by atoms with Gasteiger partial charge in [0.2, 0.25) is 0 Å². The summed E-state index contributed by atoms with van der Waals surface area (Å²) in [6, 6.07) is 3.73. The van der Waals surface area contributed by atoms with Gasteiger partial charge in [-0.15, -0.1) is 0 Å². The average Bonchev–Trinajstić information content (AvgIpc) is 3.00. The zero-order chi connectivity index (χ0) is 14.5. The highest BCUT2D eigenvalue weighted by Crippen LogP contribution is 2.09. The molecule has 0 radical (unpaired) electrons. The first-order valence-corrected chi connectivity index (χ1v) is 6.68. The molecule has 0 aliphatic carbocycles. The number of aromatic nitrogens is 2. The van der Waals surface area contributed by atoms with Crippen molar-refractivity contribution in [3.8, 4) is 0 Å². The summed E-state index contributed by atoms with van der Waals surface area (Å²) in [6.07, 6.45) is 2.43. The molecule has 0 atom stereocenters. The van der Waals surface area contributed by atoms with Gasteiger partial charge in [-0.2, -0.15) is 5.10 Å². The quantitative estimate of drug-likeness (QED) is 0.834. The molecule has 20 heavy (non-hydrogen) atoms. The number of rotatable bonds is 6. The van der Waals surface area contributed by atoms with Gasteiger partial charge < -0.3 is 15.5 Å². The summed E-state index contributed by atoms with van der Waals surface area (Å²) in [4.78, 5) is 12.1. The van der Waals surface area contributed by atoms with Gasteiger partial charge >= 0.3 is 0 Å². The molecule has 6 nitrogen and oxygen atoms in total. The van der Waals surface area contributed by atoms with Crippen molar-refractivity contribution in [2.45, 2.75) is 33.4 Å². The molecule has 108 valence electrons. The standard InChI is InChI=1S/C14H20N4O2/c1-10-4-5-12(20-10)8-16-14(19)13-9-17-18(11(13)2)7-3-6-15/h4-5,9H,3,6-8,15H2,1-2H3,(H,16,19). The van der Waals surface area contributed by atoms with Crippen molar-refractivity contribution in [3.05, 3.63) is 41.1 Å². The van der Waals surface area contributed by atoms with Gasteiger partial charge in [-0.05, 0) is 38.9 Å². The zero-order valence-corrected chi connectivity index (χ0v) is 11.8. The molecule has 0 aliphatic heterocycles. The number of amides is 1. The fourth-order valence-electron chi connectivity index (χ4n) is 1.98. The van der Waals surface area contributed by atoms with E-state index in [4.69, 9.17) is 10.2 Å². The van der Waals surface area contributed by atoms with Crippen LogP contribution < -0.4 is 11.1 Å². The van der Waals surface area contributed by atoms with Crippen LogP contribution in [0.5, 0.6) is 0 Å². The number of nitrogens with one attached hydrogen (secondary N) is 1. The molecule has 2 rings (SSSR count). The van der Waals surface area contributed by atoms with Gasteiger partial charge in [-0.1, -0.05) is 0 Å². The van der Waals surface area contributed by atoms with E-state index >= 15 is 0 Å². The number of nitrogens with zero attached hydrogens (tertiary/aromatic N) is 2. The van der Waals surface area contributed by atoms with E-state index in [1.807, 2.05) is 26.0 Å². The molecule has 2 heterocycles.